The van der Waals surface area contributed by atoms with Crippen molar-refractivity contribution in [2.45, 2.75) is 45.2 Å². The predicted octanol–water partition coefficient (Wildman–Crippen LogP) is 3.69. The smallest absolute Gasteiger partial charge is 0.134 e. The lowest BCUT2D eigenvalue weighted by Crippen LogP contribution is -2.42. The van der Waals surface area contributed by atoms with Crippen molar-refractivity contribution in [3.05, 3.63) is 35.6 Å². The summed E-state index contributed by atoms with van der Waals surface area (Å²) in [4.78, 5) is 2.49. The van der Waals surface area contributed by atoms with Gasteiger partial charge in [-0.1, -0.05) is 31.0 Å². The number of rotatable bonds is 4. The van der Waals surface area contributed by atoms with Gasteiger partial charge in [-0.3, -0.25) is 4.90 Å². The number of nitrogens with two attached hydrogens (primary N) is 1. The Balaban J connectivity index is 1.82. The second kappa shape index (κ2) is 6.20. The molecule has 1 aliphatic carbocycles. The Bertz CT molecular complexity index is 604. The number of para-hydroxylation sites is 1. The molecule has 3 nitrogen and oxygen atoms in total. The van der Waals surface area contributed by atoms with Gasteiger partial charge in [-0.25, -0.2) is 0 Å². The molecule has 3 heteroatoms. The van der Waals surface area contributed by atoms with Gasteiger partial charge in [-0.15, -0.1) is 0 Å². The molecule has 1 aromatic heterocycles. The van der Waals surface area contributed by atoms with Gasteiger partial charge in [0, 0.05) is 23.5 Å². The van der Waals surface area contributed by atoms with Crippen LogP contribution in [0, 0.1) is 12.8 Å². The summed E-state index contributed by atoms with van der Waals surface area (Å²) in [7, 11) is 2.24. The molecule has 0 amide bonds. The van der Waals surface area contributed by atoms with Crippen molar-refractivity contribution in [2.24, 2.45) is 11.7 Å². The summed E-state index contributed by atoms with van der Waals surface area (Å²) >= 11 is 0. The van der Waals surface area contributed by atoms with Crippen molar-refractivity contribution in [1.82, 2.24) is 4.90 Å². The first-order valence-corrected chi connectivity index (χ1v) is 8.08. The van der Waals surface area contributed by atoms with Crippen molar-refractivity contribution in [3.8, 4) is 0 Å². The molecular formula is C18H26N2O. The molecule has 2 atom stereocenters. The number of furan rings is 1. The number of aryl methyl sites for hydroxylation is 1. The van der Waals surface area contributed by atoms with Crippen LogP contribution in [0.5, 0.6) is 0 Å². The fraction of sp³-hybridized carbons (Fsp3) is 0.556. The van der Waals surface area contributed by atoms with Crippen LogP contribution in [0.2, 0.25) is 0 Å². The number of hydrogen-bond donors (Lipinski definition) is 1. The van der Waals surface area contributed by atoms with Crippen LogP contribution in [0.15, 0.2) is 28.7 Å². The molecule has 1 fully saturated rings. The molecule has 114 valence electrons. The van der Waals surface area contributed by atoms with E-state index in [9.17, 15) is 0 Å². The zero-order valence-corrected chi connectivity index (χ0v) is 13.1. The number of hydrogen-bond acceptors (Lipinski definition) is 3. The average molecular weight is 286 g/mol. The Labute approximate surface area is 127 Å². The number of nitrogens with zero attached hydrogens (tertiary/aromatic N) is 1. The summed E-state index contributed by atoms with van der Waals surface area (Å²) in [5.41, 5.74) is 8.31. The van der Waals surface area contributed by atoms with E-state index < -0.39 is 0 Å². The van der Waals surface area contributed by atoms with E-state index in [0.29, 0.717) is 12.0 Å². The molecule has 1 aliphatic rings. The van der Waals surface area contributed by atoms with Crippen molar-refractivity contribution in [2.75, 3.05) is 13.6 Å². The van der Waals surface area contributed by atoms with Gasteiger partial charge in [0.1, 0.15) is 11.3 Å². The first-order chi connectivity index (χ1) is 10.2. The minimum Gasteiger partial charge on any atom is -0.461 e. The van der Waals surface area contributed by atoms with E-state index in [2.05, 4.69) is 37.1 Å². The normalized spacial score (nSPS) is 23.0. The van der Waals surface area contributed by atoms with Crippen LogP contribution < -0.4 is 5.73 Å². The molecule has 0 radical (unpaired) electrons. The highest BCUT2D eigenvalue weighted by Crippen LogP contribution is 2.31. The van der Waals surface area contributed by atoms with E-state index in [-0.39, 0.29) is 0 Å². The third-order valence-corrected chi connectivity index (χ3v) is 5.05. The van der Waals surface area contributed by atoms with Crippen LogP contribution in [0.25, 0.3) is 11.0 Å². The quantitative estimate of drug-likeness (QED) is 0.932. The molecule has 1 saturated carbocycles. The summed E-state index contributed by atoms with van der Waals surface area (Å²) in [6, 6.07) is 8.94. The van der Waals surface area contributed by atoms with Crippen LogP contribution in [0.1, 0.15) is 37.0 Å². The molecule has 2 N–H and O–H groups in total. The molecule has 21 heavy (non-hydrogen) atoms. The third kappa shape index (κ3) is 2.85. The van der Waals surface area contributed by atoms with Gasteiger partial charge in [-0.2, -0.15) is 0 Å². The van der Waals surface area contributed by atoms with Gasteiger partial charge >= 0.3 is 0 Å². The SMILES string of the molecule is Cc1oc2ccccc2c1CN(C)C1CCCCC1CN. The average Bonchev–Trinajstić information content (AvgIpc) is 2.83. The molecular weight excluding hydrogens is 260 g/mol. The van der Waals surface area contributed by atoms with E-state index in [0.717, 1.165) is 24.4 Å². The zero-order chi connectivity index (χ0) is 14.8. The molecule has 3 rings (SSSR count). The van der Waals surface area contributed by atoms with Crippen LogP contribution in [0.3, 0.4) is 0 Å². The maximum atomic E-state index is 5.98. The van der Waals surface area contributed by atoms with E-state index in [1.807, 2.05) is 6.07 Å². The lowest BCUT2D eigenvalue weighted by molar-refractivity contribution is 0.127. The van der Waals surface area contributed by atoms with Crippen molar-refractivity contribution < 1.29 is 4.42 Å². The molecule has 1 heterocycles. The van der Waals surface area contributed by atoms with E-state index in [1.165, 1.54) is 36.6 Å². The summed E-state index contributed by atoms with van der Waals surface area (Å²) < 4.78 is 5.89. The number of benzene rings is 1. The molecule has 0 saturated heterocycles. The van der Waals surface area contributed by atoms with Crippen molar-refractivity contribution >= 4 is 11.0 Å². The highest BCUT2D eigenvalue weighted by Gasteiger charge is 2.28. The van der Waals surface area contributed by atoms with Gasteiger partial charge in [-0.05, 0) is 45.3 Å². The molecule has 2 aromatic rings. The Morgan fingerprint density at radius 3 is 2.81 bits per heavy atom. The summed E-state index contributed by atoms with van der Waals surface area (Å²) in [5.74, 6) is 1.69. The Morgan fingerprint density at radius 2 is 2.00 bits per heavy atom. The van der Waals surface area contributed by atoms with Crippen molar-refractivity contribution in [3.63, 3.8) is 0 Å². The molecule has 1 aromatic carbocycles. The summed E-state index contributed by atoms with van der Waals surface area (Å²) in [5, 5.41) is 1.25. The van der Waals surface area contributed by atoms with Gasteiger partial charge < -0.3 is 10.2 Å². The molecule has 0 aliphatic heterocycles. The van der Waals surface area contributed by atoms with E-state index in [4.69, 9.17) is 10.2 Å². The third-order valence-electron chi connectivity index (χ3n) is 5.05. The van der Waals surface area contributed by atoms with Gasteiger partial charge in [0.05, 0.1) is 0 Å². The largest absolute Gasteiger partial charge is 0.461 e. The highest BCUT2D eigenvalue weighted by molar-refractivity contribution is 5.82. The van der Waals surface area contributed by atoms with Crippen LogP contribution in [-0.2, 0) is 6.54 Å². The Kier molecular flexibility index (Phi) is 4.32. The molecule has 0 bridgehead atoms. The van der Waals surface area contributed by atoms with Crippen LogP contribution >= 0.6 is 0 Å². The summed E-state index contributed by atoms with van der Waals surface area (Å²) in [6.07, 6.45) is 5.21. The van der Waals surface area contributed by atoms with Crippen LogP contribution in [0.4, 0.5) is 0 Å². The van der Waals surface area contributed by atoms with Gasteiger partial charge in [0.2, 0.25) is 0 Å². The highest BCUT2D eigenvalue weighted by atomic mass is 16.3. The molecule has 2 unspecified atom stereocenters. The Morgan fingerprint density at radius 1 is 1.24 bits per heavy atom. The standard InChI is InChI=1S/C18H26N2O/c1-13-16(15-8-4-6-10-18(15)21-13)12-20(2)17-9-5-3-7-14(17)11-19/h4,6,8,10,14,17H,3,5,7,9,11-12,19H2,1-2H3. The predicted molar refractivity (Wildman–Crippen MR) is 87.2 cm³/mol. The minimum atomic E-state index is 0.608. The van der Waals surface area contributed by atoms with Crippen molar-refractivity contribution in [1.29, 1.82) is 0 Å². The van der Waals surface area contributed by atoms with Gasteiger partial charge in [0.25, 0.3) is 0 Å². The fourth-order valence-corrected chi connectivity index (χ4v) is 3.83. The molecule has 0 spiro atoms. The maximum absolute atomic E-state index is 5.98. The minimum absolute atomic E-state index is 0.608. The van der Waals surface area contributed by atoms with E-state index >= 15 is 0 Å². The summed E-state index contributed by atoms with van der Waals surface area (Å²) in [6.45, 7) is 3.83. The number of fused-ring (bicyclic) bond motifs is 1. The Hall–Kier alpha value is -1.32. The van der Waals surface area contributed by atoms with Crippen LogP contribution in [-0.4, -0.2) is 24.5 Å². The first-order valence-electron chi connectivity index (χ1n) is 8.08. The van der Waals surface area contributed by atoms with E-state index in [1.54, 1.807) is 0 Å². The fourth-order valence-electron chi connectivity index (χ4n) is 3.83. The second-order valence-electron chi connectivity index (χ2n) is 6.40. The second-order valence-corrected chi connectivity index (χ2v) is 6.40. The van der Waals surface area contributed by atoms with Gasteiger partial charge in [0.15, 0.2) is 0 Å². The maximum Gasteiger partial charge on any atom is 0.134 e. The lowest BCUT2D eigenvalue weighted by Gasteiger charge is -2.37. The topological polar surface area (TPSA) is 42.4 Å². The zero-order valence-electron chi connectivity index (χ0n) is 13.1. The monoisotopic (exact) mass is 286 g/mol. The first kappa shape index (κ1) is 14.6. The lowest BCUT2D eigenvalue weighted by atomic mass is 9.83.